The van der Waals surface area contributed by atoms with Crippen molar-refractivity contribution in [2.45, 2.75) is 19.4 Å². The van der Waals surface area contributed by atoms with Gasteiger partial charge in [-0.3, -0.25) is 0 Å². The molecule has 1 fully saturated rings. The number of hydrogen-bond donors (Lipinski definition) is 1. The van der Waals surface area contributed by atoms with E-state index in [2.05, 4.69) is 0 Å². The molecule has 0 spiro atoms. The number of thioether (sulfide) groups is 1. The predicted molar refractivity (Wildman–Crippen MR) is 61.7 cm³/mol. The standard InChI is InChI=1S/C12H15FOS/c1-8-4-11(13)3-2-9(8)5-10-6-15-7-12(10)14/h2-4,10,12,14H,5-7H2,1H3. The molecule has 1 heterocycles. The minimum atomic E-state index is -0.195. The Balaban J connectivity index is 2.10. The van der Waals surface area contributed by atoms with E-state index in [1.54, 1.807) is 17.8 Å². The molecule has 2 rings (SSSR count). The van der Waals surface area contributed by atoms with E-state index in [1.807, 2.05) is 13.0 Å². The van der Waals surface area contributed by atoms with Gasteiger partial charge in [0.15, 0.2) is 0 Å². The fourth-order valence-corrected chi connectivity index (χ4v) is 3.25. The average Bonchev–Trinajstić information content (AvgIpc) is 2.57. The zero-order valence-corrected chi connectivity index (χ0v) is 9.56. The van der Waals surface area contributed by atoms with Crippen molar-refractivity contribution in [1.29, 1.82) is 0 Å². The van der Waals surface area contributed by atoms with Gasteiger partial charge in [0.2, 0.25) is 0 Å². The number of aliphatic hydroxyl groups excluding tert-OH is 1. The largest absolute Gasteiger partial charge is 0.392 e. The van der Waals surface area contributed by atoms with Gasteiger partial charge >= 0.3 is 0 Å². The van der Waals surface area contributed by atoms with Crippen LogP contribution in [0, 0.1) is 18.7 Å². The highest BCUT2D eigenvalue weighted by molar-refractivity contribution is 7.99. The van der Waals surface area contributed by atoms with E-state index in [0.717, 1.165) is 29.1 Å². The molecule has 0 aliphatic carbocycles. The second kappa shape index (κ2) is 4.54. The zero-order chi connectivity index (χ0) is 10.8. The van der Waals surface area contributed by atoms with Crippen LogP contribution >= 0.6 is 11.8 Å². The Hall–Kier alpha value is -0.540. The first-order valence-corrected chi connectivity index (χ1v) is 6.33. The first kappa shape index (κ1) is 11.0. The van der Waals surface area contributed by atoms with Gasteiger partial charge in [-0.15, -0.1) is 0 Å². The second-order valence-electron chi connectivity index (χ2n) is 4.14. The number of halogens is 1. The minimum absolute atomic E-state index is 0.183. The molecule has 0 aromatic heterocycles. The molecule has 1 aromatic rings. The Labute approximate surface area is 93.7 Å². The van der Waals surface area contributed by atoms with Crippen LogP contribution in [0.15, 0.2) is 18.2 Å². The summed E-state index contributed by atoms with van der Waals surface area (Å²) in [6.07, 6.45) is 0.666. The third-order valence-electron chi connectivity index (χ3n) is 2.95. The van der Waals surface area contributed by atoms with Gasteiger partial charge in [0, 0.05) is 5.75 Å². The highest BCUT2D eigenvalue weighted by atomic mass is 32.2. The minimum Gasteiger partial charge on any atom is -0.392 e. The summed E-state index contributed by atoms with van der Waals surface area (Å²) in [7, 11) is 0. The Morgan fingerprint density at radius 1 is 1.47 bits per heavy atom. The molecule has 1 aromatic carbocycles. The lowest BCUT2D eigenvalue weighted by molar-refractivity contribution is 0.150. The quantitative estimate of drug-likeness (QED) is 0.835. The maximum atomic E-state index is 12.9. The molecule has 1 N–H and O–H groups in total. The van der Waals surface area contributed by atoms with Gasteiger partial charge in [0.05, 0.1) is 6.10 Å². The smallest absolute Gasteiger partial charge is 0.123 e. The third kappa shape index (κ3) is 2.52. The first-order valence-electron chi connectivity index (χ1n) is 5.17. The van der Waals surface area contributed by atoms with Crippen LogP contribution in [0.2, 0.25) is 0 Å². The lowest BCUT2D eigenvalue weighted by atomic mass is 9.94. The molecule has 0 bridgehead atoms. The molecule has 1 aliphatic rings. The average molecular weight is 226 g/mol. The molecule has 2 atom stereocenters. The van der Waals surface area contributed by atoms with Crippen LogP contribution in [0.3, 0.4) is 0 Å². The zero-order valence-electron chi connectivity index (χ0n) is 8.74. The second-order valence-corrected chi connectivity index (χ2v) is 5.21. The maximum absolute atomic E-state index is 12.9. The third-order valence-corrected chi connectivity index (χ3v) is 4.19. The summed E-state index contributed by atoms with van der Waals surface area (Å²) in [4.78, 5) is 0. The molecule has 0 amide bonds. The predicted octanol–water partition coefficient (Wildman–Crippen LogP) is 2.40. The van der Waals surface area contributed by atoms with Gasteiger partial charge in [-0.25, -0.2) is 4.39 Å². The molecular formula is C12H15FOS. The van der Waals surface area contributed by atoms with Crippen molar-refractivity contribution >= 4 is 11.8 Å². The molecule has 0 radical (unpaired) electrons. The fourth-order valence-electron chi connectivity index (χ4n) is 1.95. The normalized spacial score (nSPS) is 25.8. The monoisotopic (exact) mass is 226 g/mol. The van der Waals surface area contributed by atoms with Gasteiger partial charge in [-0.1, -0.05) is 6.07 Å². The van der Waals surface area contributed by atoms with Crippen LogP contribution in [0.5, 0.6) is 0 Å². The van der Waals surface area contributed by atoms with Crippen molar-refractivity contribution in [3.8, 4) is 0 Å². The van der Waals surface area contributed by atoms with Crippen LogP contribution in [0.1, 0.15) is 11.1 Å². The fraction of sp³-hybridized carbons (Fsp3) is 0.500. The van der Waals surface area contributed by atoms with Crippen LogP contribution in [0.4, 0.5) is 4.39 Å². The molecule has 1 aliphatic heterocycles. The molecule has 1 nitrogen and oxygen atoms in total. The first-order chi connectivity index (χ1) is 7.16. The number of aliphatic hydroxyl groups is 1. The molecule has 82 valence electrons. The summed E-state index contributed by atoms with van der Waals surface area (Å²) in [5, 5.41) is 9.70. The van der Waals surface area contributed by atoms with E-state index < -0.39 is 0 Å². The van der Waals surface area contributed by atoms with E-state index in [-0.39, 0.29) is 11.9 Å². The lowest BCUT2D eigenvalue weighted by Crippen LogP contribution is -2.20. The van der Waals surface area contributed by atoms with Crippen molar-refractivity contribution in [1.82, 2.24) is 0 Å². The summed E-state index contributed by atoms with van der Waals surface area (Å²) >= 11 is 1.79. The highest BCUT2D eigenvalue weighted by Gasteiger charge is 2.26. The molecule has 2 unspecified atom stereocenters. The number of rotatable bonds is 2. The summed E-state index contributed by atoms with van der Waals surface area (Å²) in [5.74, 6) is 2.00. The maximum Gasteiger partial charge on any atom is 0.123 e. The van der Waals surface area contributed by atoms with E-state index in [9.17, 15) is 9.50 Å². The van der Waals surface area contributed by atoms with E-state index in [4.69, 9.17) is 0 Å². The van der Waals surface area contributed by atoms with Crippen molar-refractivity contribution in [3.63, 3.8) is 0 Å². The Morgan fingerprint density at radius 3 is 2.87 bits per heavy atom. The number of benzene rings is 1. The highest BCUT2D eigenvalue weighted by Crippen LogP contribution is 2.28. The van der Waals surface area contributed by atoms with Crippen molar-refractivity contribution in [2.75, 3.05) is 11.5 Å². The van der Waals surface area contributed by atoms with Gasteiger partial charge < -0.3 is 5.11 Å². The summed E-state index contributed by atoms with van der Waals surface area (Å²) < 4.78 is 12.9. The Kier molecular flexibility index (Phi) is 3.32. The van der Waals surface area contributed by atoms with Gasteiger partial charge in [-0.05, 0) is 48.3 Å². The number of aryl methyl sites for hydroxylation is 1. The molecule has 1 saturated heterocycles. The molecule has 3 heteroatoms. The van der Waals surface area contributed by atoms with Gasteiger partial charge in [-0.2, -0.15) is 11.8 Å². The van der Waals surface area contributed by atoms with Crippen molar-refractivity contribution in [3.05, 3.63) is 35.1 Å². The SMILES string of the molecule is Cc1cc(F)ccc1CC1CSCC1O. The van der Waals surface area contributed by atoms with E-state index in [0.29, 0.717) is 5.92 Å². The van der Waals surface area contributed by atoms with Crippen LogP contribution in [-0.4, -0.2) is 22.7 Å². The van der Waals surface area contributed by atoms with Crippen LogP contribution in [-0.2, 0) is 6.42 Å². The van der Waals surface area contributed by atoms with Crippen LogP contribution < -0.4 is 0 Å². The molecule has 15 heavy (non-hydrogen) atoms. The lowest BCUT2D eigenvalue weighted by Gasteiger charge is -2.14. The van der Waals surface area contributed by atoms with Crippen molar-refractivity contribution in [2.24, 2.45) is 5.92 Å². The topological polar surface area (TPSA) is 20.2 Å². The summed E-state index contributed by atoms with van der Waals surface area (Å²) in [5.41, 5.74) is 2.14. The summed E-state index contributed by atoms with van der Waals surface area (Å²) in [6, 6.07) is 4.89. The molecular weight excluding hydrogens is 211 g/mol. The van der Waals surface area contributed by atoms with E-state index >= 15 is 0 Å². The Bertz CT molecular complexity index is 353. The van der Waals surface area contributed by atoms with Crippen molar-refractivity contribution < 1.29 is 9.50 Å². The summed E-state index contributed by atoms with van der Waals surface area (Å²) in [6.45, 7) is 1.92. The Morgan fingerprint density at radius 2 is 2.27 bits per heavy atom. The molecule has 0 saturated carbocycles. The van der Waals surface area contributed by atoms with E-state index in [1.165, 1.54) is 6.07 Å². The van der Waals surface area contributed by atoms with Gasteiger partial charge in [0.25, 0.3) is 0 Å². The van der Waals surface area contributed by atoms with Gasteiger partial charge in [0.1, 0.15) is 5.82 Å². The van der Waals surface area contributed by atoms with Crippen LogP contribution in [0.25, 0.3) is 0 Å². The number of hydrogen-bond acceptors (Lipinski definition) is 2.